The van der Waals surface area contributed by atoms with Crippen LogP contribution in [0.2, 0.25) is 0 Å². The molecule has 0 N–H and O–H groups in total. The zero-order valence-corrected chi connectivity index (χ0v) is 30.8. The van der Waals surface area contributed by atoms with Crippen molar-refractivity contribution in [2.75, 3.05) is 0 Å². The lowest BCUT2D eigenvalue weighted by Crippen LogP contribution is -1.94. The lowest BCUT2D eigenvalue weighted by atomic mass is 9.98. The van der Waals surface area contributed by atoms with Crippen molar-refractivity contribution in [3.05, 3.63) is 42.7 Å². The molecule has 4 rings (SSSR count). The van der Waals surface area contributed by atoms with Gasteiger partial charge in [-0.1, -0.05) is 104 Å². The summed E-state index contributed by atoms with van der Waals surface area (Å²) in [5.41, 5.74) is 5.52. The first-order valence-electron chi connectivity index (χ1n) is 16.0. The molecule has 2 nitrogen and oxygen atoms in total. The minimum absolute atomic E-state index is 0.195. The SMILES string of the molecule is CCCCCCCCCCc1cc(Br)sc1-c1cc(F)c(-c2sc(Br)cc2CCCCCCCCCC)c2nsnc12. The number of aryl methyl sites for hydroxylation is 2. The number of benzene rings is 1. The van der Waals surface area contributed by atoms with Gasteiger partial charge in [0, 0.05) is 15.3 Å². The number of nitrogens with zero attached hydrogens (tertiary/aromatic N) is 2. The summed E-state index contributed by atoms with van der Waals surface area (Å²) >= 11 is 11.9. The van der Waals surface area contributed by atoms with Crippen LogP contribution in [-0.4, -0.2) is 8.75 Å². The Balaban J connectivity index is 1.47. The lowest BCUT2D eigenvalue weighted by molar-refractivity contribution is 0.575. The monoisotopic (exact) mass is 754 g/mol. The van der Waals surface area contributed by atoms with E-state index in [0.717, 1.165) is 54.1 Å². The van der Waals surface area contributed by atoms with Crippen LogP contribution in [0.1, 0.15) is 128 Å². The molecule has 0 aliphatic carbocycles. The van der Waals surface area contributed by atoms with Crippen LogP contribution in [0.15, 0.2) is 25.8 Å². The number of unbranched alkanes of at least 4 members (excludes halogenated alkanes) is 14. The molecule has 0 spiro atoms. The first-order valence-corrected chi connectivity index (χ1v) is 20.0. The van der Waals surface area contributed by atoms with E-state index in [0.29, 0.717) is 11.1 Å². The quantitative estimate of drug-likeness (QED) is 0.0840. The van der Waals surface area contributed by atoms with Crippen LogP contribution in [0.5, 0.6) is 0 Å². The van der Waals surface area contributed by atoms with Crippen molar-refractivity contribution < 1.29 is 4.39 Å². The molecule has 8 heteroatoms. The minimum Gasteiger partial charge on any atom is -0.206 e. The van der Waals surface area contributed by atoms with Crippen LogP contribution in [0.4, 0.5) is 4.39 Å². The third kappa shape index (κ3) is 9.66. The van der Waals surface area contributed by atoms with Gasteiger partial charge >= 0.3 is 0 Å². The van der Waals surface area contributed by atoms with Crippen molar-refractivity contribution in [3.63, 3.8) is 0 Å². The smallest absolute Gasteiger partial charge is 0.134 e. The predicted octanol–water partition coefficient (Wildman–Crippen LogP) is 14.2. The molecule has 1 aromatic carbocycles. The topological polar surface area (TPSA) is 25.8 Å². The Hall–Kier alpha value is -0.670. The minimum atomic E-state index is -0.195. The van der Waals surface area contributed by atoms with Gasteiger partial charge in [0.15, 0.2) is 0 Å². The van der Waals surface area contributed by atoms with Gasteiger partial charge < -0.3 is 0 Å². The van der Waals surface area contributed by atoms with Crippen LogP contribution in [0, 0.1) is 5.82 Å². The molecule has 4 aromatic rings. The van der Waals surface area contributed by atoms with E-state index in [9.17, 15) is 0 Å². The zero-order valence-electron chi connectivity index (χ0n) is 25.2. The van der Waals surface area contributed by atoms with Gasteiger partial charge in [-0.25, -0.2) is 4.39 Å². The summed E-state index contributed by atoms with van der Waals surface area (Å²) in [6, 6.07) is 6.12. The first-order chi connectivity index (χ1) is 20.5. The Morgan fingerprint density at radius 3 is 1.60 bits per heavy atom. The number of thiophene rings is 2. The Labute approximate surface area is 281 Å². The largest absolute Gasteiger partial charge is 0.206 e. The van der Waals surface area contributed by atoms with Crippen LogP contribution in [0.25, 0.3) is 31.9 Å². The Kier molecular flexibility index (Phi) is 14.9. The van der Waals surface area contributed by atoms with Crippen molar-refractivity contribution in [3.8, 4) is 20.9 Å². The van der Waals surface area contributed by atoms with Crippen molar-refractivity contribution in [1.82, 2.24) is 8.75 Å². The number of hydrogen-bond donors (Lipinski definition) is 0. The van der Waals surface area contributed by atoms with Gasteiger partial charge in [0.05, 0.1) is 24.9 Å². The number of fused-ring (bicyclic) bond motifs is 1. The highest BCUT2D eigenvalue weighted by Crippen LogP contribution is 2.46. The van der Waals surface area contributed by atoms with E-state index in [1.807, 2.05) is 0 Å². The molecule has 0 bridgehead atoms. The molecule has 3 heterocycles. The summed E-state index contributed by atoms with van der Waals surface area (Å²) in [6.45, 7) is 4.53. The van der Waals surface area contributed by atoms with Crippen LogP contribution in [0.3, 0.4) is 0 Å². The first kappa shape index (κ1) is 34.2. The summed E-state index contributed by atoms with van der Waals surface area (Å²) in [7, 11) is 0. The highest BCUT2D eigenvalue weighted by molar-refractivity contribution is 9.11. The molecule has 230 valence electrons. The summed E-state index contributed by atoms with van der Waals surface area (Å²) in [5, 5.41) is 0. The van der Waals surface area contributed by atoms with E-state index >= 15 is 4.39 Å². The fourth-order valence-electron chi connectivity index (χ4n) is 5.80. The second kappa shape index (κ2) is 18.3. The highest BCUT2D eigenvalue weighted by atomic mass is 79.9. The number of rotatable bonds is 20. The molecule has 0 saturated heterocycles. The van der Waals surface area contributed by atoms with E-state index in [1.165, 1.54) is 113 Å². The van der Waals surface area contributed by atoms with E-state index in [1.54, 1.807) is 28.7 Å². The normalized spacial score (nSPS) is 11.7. The Bertz CT molecular complexity index is 1380. The maximum absolute atomic E-state index is 16.1. The van der Waals surface area contributed by atoms with Gasteiger partial charge in [-0.15, -0.1) is 22.7 Å². The molecular weight excluding hydrogens is 711 g/mol. The van der Waals surface area contributed by atoms with Crippen LogP contribution < -0.4 is 0 Å². The fraction of sp³-hybridized carbons (Fsp3) is 0.588. The van der Waals surface area contributed by atoms with Gasteiger partial charge in [-0.2, -0.15) is 8.75 Å². The standard InChI is InChI=1S/C34H45Br2FN2S3/c1-3-5-7-9-11-13-15-17-19-24-21-28(35)40-33(24)26-23-27(37)30(32-31(26)38-42-39-32)34-25(22-29(36)41-34)20-18-16-14-12-10-8-6-4-2/h21-23H,3-20H2,1-2H3. The number of halogens is 3. The van der Waals surface area contributed by atoms with E-state index in [2.05, 4.69) is 62.2 Å². The van der Waals surface area contributed by atoms with Crippen molar-refractivity contribution in [1.29, 1.82) is 0 Å². The molecule has 0 aliphatic heterocycles. The third-order valence-electron chi connectivity index (χ3n) is 8.12. The molecule has 3 aromatic heterocycles. The summed E-state index contributed by atoms with van der Waals surface area (Å²) in [4.78, 5) is 2.12. The molecule has 0 saturated carbocycles. The second-order valence-electron chi connectivity index (χ2n) is 11.5. The van der Waals surface area contributed by atoms with Gasteiger partial charge in [0.25, 0.3) is 0 Å². The predicted molar refractivity (Wildman–Crippen MR) is 192 cm³/mol. The van der Waals surface area contributed by atoms with Crippen LogP contribution in [-0.2, 0) is 12.8 Å². The van der Waals surface area contributed by atoms with E-state index in [-0.39, 0.29) is 5.82 Å². The van der Waals surface area contributed by atoms with E-state index < -0.39 is 0 Å². The van der Waals surface area contributed by atoms with Gasteiger partial charge in [0.1, 0.15) is 16.9 Å². The Morgan fingerprint density at radius 2 is 1.05 bits per heavy atom. The average Bonchev–Trinajstić information content (AvgIpc) is 3.70. The van der Waals surface area contributed by atoms with Gasteiger partial charge in [-0.05, 0) is 86.9 Å². The highest BCUT2D eigenvalue weighted by Gasteiger charge is 2.24. The Morgan fingerprint density at radius 1 is 0.595 bits per heavy atom. The second-order valence-corrected chi connectivity index (χ2v) is 16.9. The maximum atomic E-state index is 16.1. The molecule has 42 heavy (non-hydrogen) atoms. The summed E-state index contributed by atoms with van der Waals surface area (Å²) < 4.78 is 27.7. The van der Waals surface area contributed by atoms with E-state index in [4.69, 9.17) is 4.37 Å². The molecule has 0 unspecified atom stereocenters. The molecule has 0 atom stereocenters. The average molecular weight is 757 g/mol. The summed E-state index contributed by atoms with van der Waals surface area (Å²) in [6.07, 6.45) is 22.7. The maximum Gasteiger partial charge on any atom is 0.134 e. The van der Waals surface area contributed by atoms with Crippen molar-refractivity contribution in [2.24, 2.45) is 0 Å². The lowest BCUT2D eigenvalue weighted by Gasteiger charge is -2.10. The zero-order chi connectivity index (χ0) is 29.7. The molecule has 0 aliphatic rings. The third-order valence-corrected chi connectivity index (χ3v) is 12.1. The number of hydrogen-bond acceptors (Lipinski definition) is 5. The van der Waals surface area contributed by atoms with Crippen molar-refractivity contribution >= 4 is 77.3 Å². The summed E-state index contributed by atoms with van der Waals surface area (Å²) in [5.74, 6) is -0.195. The number of aromatic nitrogens is 2. The van der Waals surface area contributed by atoms with Crippen molar-refractivity contribution in [2.45, 2.75) is 129 Å². The molecule has 0 radical (unpaired) electrons. The van der Waals surface area contributed by atoms with Gasteiger partial charge in [-0.3, -0.25) is 0 Å². The van der Waals surface area contributed by atoms with Crippen LogP contribution >= 0.6 is 66.3 Å². The fourth-order valence-corrected chi connectivity index (χ4v) is 9.83. The molecule has 0 amide bonds. The molecule has 0 fully saturated rings. The van der Waals surface area contributed by atoms with Gasteiger partial charge in [0.2, 0.25) is 0 Å². The molecular formula is C34H45Br2FN2S3.